The highest BCUT2D eigenvalue weighted by Gasteiger charge is 2.55. The van der Waals surface area contributed by atoms with Gasteiger partial charge < -0.3 is 58.5 Å². The molecule has 84 heavy (non-hydrogen) atoms. The highest BCUT2D eigenvalue weighted by atomic mass is 19.1. The van der Waals surface area contributed by atoms with E-state index in [-0.39, 0.29) is 79.6 Å². The number of amides is 4. The number of H-pyrrole nitrogens is 2. The van der Waals surface area contributed by atoms with Gasteiger partial charge in [-0.2, -0.15) is 0 Å². The van der Waals surface area contributed by atoms with Crippen molar-refractivity contribution in [3.05, 3.63) is 154 Å². The van der Waals surface area contributed by atoms with Crippen molar-refractivity contribution in [3.8, 4) is 0 Å². The number of nitrogens with zero attached hydrogens (tertiary/aromatic N) is 4. The fourth-order valence-corrected chi connectivity index (χ4v) is 13.7. The normalized spacial score (nSPS) is 25.6. The summed E-state index contributed by atoms with van der Waals surface area (Å²) < 4.78 is 85.3. The van der Waals surface area contributed by atoms with E-state index in [2.05, 4.69) is 9.97 Å². The van der Waals surface area contributed by atoms with Crippen molar-refractivity contribution in [2.75, 3.05) is 19.8 Å². The Hall–Kier alpha value is -8.66. The zero-order chi connectivity index (χ0) is 57.6. The molecule has 424 valence electrons. The van der Waals surface area contributed by atoms with Gasteiger partial charge in [0.1, 0.15) is 72.1 Å². The lowest BCUT2D eigenvalue weighted by molar-refractivity contribution is -0.0901. The molecule has 10 atom stereocenters. The Bertz CT molecular complexity index is 4770. The SMILES string of the molecule is O=C1c2c(c3c4cc(F)ccc4n(C4O[C@H]5[C@H](OC[C@H]5O)[C@H]4O)c3c3[nH]c4ccc(F)cc4c23)C(=O)N1O.O=C1c2c(c3c4cc(F)ccc4n(C4O[C@H]5[C@H](OC[C@H]5O)[C@H]4O)c3c3[nH]c4ccc(F)cc4c23)C(=O)N1OCCc1ccccc1. The molecule has 17 rings (SSSR count). The lowest BCUT2D eigenvalue weighted by Gasteiger charge is -2.22. The van der Waals surface area contributed by atoms with Crippen LogP contribution in [-0.2, 0) is 30.2 Å². The molecule has 7 N–H and O–H groups in total. The van der Waals surface area contributed by atoms with Crippen LogP contribution in [0.4, 0.5) is 17.6 Å². The second kappa shape index (κ2) is 18.2. The van der Waals surface area contributed by atoms with Crippen LogP contribution in [0.2, 0.25) is 0 Å². The van der Waals surface area contributed by atoms with E-state index >= 15 is 0 Å². The number of carbonyl (C=O) groups is 4. The van der Waals surface area contributed by atoms with Gasteiger partial charge in [-0.25, -0.2) is 17.6 Å². The van der Waals surface area contributed by atoms with Gasteiger partial charge in [-0.05, 0) is 84.8 Å². The molecule has 7 aromatic carbocycles. The second-order valence-corrected chi connectivity index (χ2v) is 21.7. The quantitative estimate of drug-likeness (QED) is 0.0493. The van der Waals surface area contributed by atoms with Crippen LogP contribution in [0.5, 0.6) is 0 Å². The van der Waals surface area contributed by atoms with Gasteiger partial charge in [0.25, 0.3) is 23.6 Å². The van der Waals surface area contributed by atoms with Crippen molar-refractivity contribution in [1.29, 1.82) is 0 Å². The van der Waals surface area contributed by atoms with Crippen molar-refractivity contribution in [1.82, 2.24) is 29.2 Å². The number of imide groups is 2. The standard InChI is InChI=1S/C34H25F2N3O7.C26H17F2N3O7/c35-16-6-8-20-18(12-16)23-25-26(33(43)39(32(25)42)45-11-10-15-4-2-1-3-5-15)24-19-13-17(36)7-9-21(19)38(28(24)27(23)37-20)34-29(41)31-30(46-34)22(40)14-44-31;27-8-1-3-12-10(5-8)15-17-18(25(35)31(36)24(17)34)16-11-6-9(28)2-4-13(11)30(20(16)19(15)29-12)26-21(33)23-22(38-26)14(32)7-37-23/h1-9,12-13,22,29-31,34,37,40-41H,10-11,14H2;1-6,14,21-23,26,29,32-33,36H,7H2/t22-,29-,30-,31-,34?;14-,21-,22-,23-,26?/m11/s1. The number of rotatable bonds is 6. The van der Waals surface area contributed by atoms with Crippen LogP contribution in [0.25, 0.3) is 87.2 Å². The Kier molecular flexibility index (Phi) is 11.0. The summed E-state index contributed by atoms with van der Waals surface area (Å²) >= 11 is 0. The number of aliphatic hydroxyl groups excluding tert-OH is 4. The Morgan fingerprint density at radius 2 is 0.929 bits per heavy atom. The minimum absolute atomic E-state index is 0.000442. The first-order chi connectivity index (χ1) is 40.6. The molecule has 20 nitrogen and oxygen atoms in total. The lowest BCUT2D eigenvalue weighted by atomic mass is 9.96. The van der Waals surface area contributed by atoms with Crippen LogP contribution < -0.4 is 0 Å². The second-order valence-electron chi connectivity index (χ2n) is 21.7. The largest absolute Gasteiger partial charge is 0.388 e. The summed E-state index contributed by atoms with van der Waals surface area (Å²) in [6.45, 7) is 0.0131. The van der Waals surface area contributed by atoms with Gasteiger partial charge in [0.2, 0.25) is 0 Å². The summed E-state index contributed by atoms with van der Waals surface area (Å²) in [5.74, 6) is -5.84. The van der Waals surface area contributed by atoms with E-state index in [1.54, 1.807) is 9.13 Å². The van der Waals surface area contributed by atoms with Crippen molar-refractivity contribution in [3.63, 3.8) is 0 Å². The van der Waals surface area contributed by atoms with Crippen LogP contribution in [0.3, 0.4) is 0 Å². The molecule has 0 aliphatic carbocycles. The molecule has 4 fully saturated rings. The number of halogens is 4. The number of fused-ring (bicyclic) bond motifs is 22. The number of aromatic nitrogens is 4. The predicted octanol–water partition coefficient (Wildman–Crippen LogP) is 7.21. The molecule has 0 radical (unpaired) electrons. The fourth-order valence-electron chi connectivity index (χ4n) is 13.7. The smallest absolute Gasteiger partial charge is 0.286 e. The number of nitrogens with one attached hydrogen (secondary N) is 2. The molecule has 0 spiro atoms. The average molecular weight is 1150 g/mol. The van der Waals surface area contributed by atoms with E-state index in [0.717, 1.165) is 5.56 Å². The van der Waals surface area contributed by atoms with Crippen molar-refractivity contribution in [2.24, 2.45) is 0 Å². The Morgan fingerprint density at radius 3 is 1.39 bits per heavy atom. The number of hydroxylamine groups is 4. The van der Waals surface area contributed by atoms with Gasteiger partial charge in [-0.15, -0.1) is 10.1 Å². The summed E-state index contributed by atoms with van der Waals surface area (Å²) in [5, 5.41) is 56.5. The maximum Gasteiger partial charge on any atom is 0.286 e. The maximum atomic E-state index is 14.9. The van der Waals surface area contributed by atoms with Gasteiger partial charge in [0.05, 0.1) is 75.2 Å². The van der Waals surface area contributed by atoms with Gasteiger partial charge in [-0.3, -0.25) is 29.2 Å². The molecule has 4 amide bonds. The molecule has 6 aliphatic rings. The van der Waals surface area contributed by atoms with Crippen LogP contribution >= 0.6 is 0 Å². The summed E-state index contributed by atoms with van der Waals surface area (Å²) in [5.41, 5.74) is 3.52. The van der Waals surface area contributed by atoms with Crippen LogP contribution in [0.15, 0.2) is 103 Å². The minimum Gasteiger partial charge on any atom is -0.388 e. The van der Waals surface area contributed by atoms with E-state index in [9.17, 15) is 62.4 Å². The van der Waals surface area contributed by atoms with Gasteiger partial charge >= 0.3 is 0 Å². The van der Waals surface area contributed by atoms with E-state index in [1.807, 2.05) is 30.3 Å². The number of ether oxygens (including phenoxy) is 4. The first kappa shape index (κ1) is 51.0. The molecule has 11 aromatic rings. The summed E-state index contributed by atoms with van der Waals surface area (Å²) in [6.07, 6.45) is -9.60. The molecule has 4 saturated heterocycles. The lowest BCUT2D eigenvalue weighted by Crippen LogP contribution is -2.31. The third-order valence-corrected chi connectivity index (χ3v) is 17.2. The van der Waals surface area contributed by atoms with Crippen LogP contribution in [0, 0.1) is 23.3 Å². The van der Waals surface area contributed by atoms with Crippen molar-refractivity contribution < 1.29 is 86.2 Å². The fraction of sp³-hybridized carbons (Fsp3) is 0.233. The molecular formula is C60H42F4N6O14. The highest BCUT2D eigenvalue weighted by molar-refractivity contribution is 6.40. The number of hydrogen-bond acceptors (Lipinski definition) is 14. The molecule has 0 bridgehead atoms. The zero-order valence-corrected chi connectivity index (χ0v) is 43.1. The third kappa shape index (κ3) is 6.93. The monoisotopic (exact) mass is 1150 g/mol. The first-order valence-electron chi connectivity index (χ1n) is 26.8. The molecule has 4 aromatic heterocycles. The average Bonchev–Trinajstić information content (AvgIpc) is 1.56. The van der Waals surface area contributed by atoms with E-state index in [1.165, 1.54) is 72.8 Å². The summed E-state index contributed by atoms with van der Waals surface area (Å²) in [6, 6.07) is 25.3. The number of hydrogen-bond donors (Lipinski definition) is 7. The van der Waals surface area contributed by atoms with Crippen LogP contribution in [-0.4, -0.2) is 147 Å². The molecule has 10 heterocycles. The number of aromatic amines is 2. The van der Waals surface area contributed by atoms with Crippen molar-refractivity contribution in [2.45, 2.75) is 67.7 Å². The van der Waals surface area contributed by atoms with Gasteiger partial charge in [0.15, 0.2) is 12.5 Å². The third-order valence-electron chi connectivity index (χ3n) is 17.2. The molecule has 2 unspecified atom stereocenters. The van der Waals surface area contributed by atoms with Crippen molar-refractivity contribution >= 4 is 111 Å². The number of aliphatic hydroxyl groups is 4. The van der Waals surface area contributed by atoms with E-state index in [0.29, 0.717) is 66.3 Å². The Balaban J connectivity index is 0.000000140. The molecule has 6 aliphatic heterocycles. The summed E-state index contributed by atoms with van der Waals surface area (Å²) in [7, 11) is 0. The molecular weight excluding hydrogens is 1100 g/mol. The predicted molar refractivity (Wildman–Crippen MR) is 288 cm³/mol. The first-order valence-corrected chi connectivity index (χ1v) is 26.8. The van der Waals surface area contributed by atoms with Gasteiger partial charge in [-0.1, -0.05) is 30.3 Å². The Morgan fingerprint density at radius 1 is 0.512 bits per heavy atom. The number of carbonyl (C=O) groups excluding carboxylic acids is 4. The van der Waals surface area contributed by atoms with Gasteiger partial charge in [0, 0.05) is 54.1 Å². The summed E-state index contributed by atoms with van der Waals surface area (Å²) in [4.78, 5) is 67.0. The number of benzene rings is 7. The maximum absolute atomic E-state index is 14.9. The molecule has 24 heteroatoms. The Labute approximate surface area is 466 Å². The topological polar surface area (TPSA) is 263 Å². The van der Waals surface area contributed by atoms with Crippen LogP contribution in [0.1, 0.15) is 59.5 Å². The van der Waals surface area contributed by atoms with E-state index < -0.39 is 108 Å². The minimum atomic E-state index is -1.25. The highest BCUT2D eigenvalue weighted by Crippen LogP contribution is 2.51. The zero-order valence-electron chi connectivity index (χ0n) is 43.1. The van der Waals surface area contributed by atoms with E-state index in [4.69, 9.17) is 23.8 Å². The molecule has 0 saturated carbocycles.